The first-order valence-electron chi connectivity index (χ1n) is 4.45. The maximum Gasteiger partial charge on any atom is 0.181 e. The largest absolute Gasteiger partial charge is 0.443 e. The van der Waals surface area contributed by atoms with Gasteiger partial charge in [-0.2, -0.15) is 0 Å². The van der Waals surface area contributed by atoms with Crippen LogP contribution >= 0.6 is 0 Å². The molecule has 0 fully saturated rings. The molecule has 0 spiro atoms. The van der Waals surface area contributed by atoms with Crippen LogP contribution in [0.5, 0.6) is 0 Å². The zero-order valence-electron chi connectivity index (χ0n) is 7.84. The van der Waals surface area contributed by atoms with Gasteiger partial charge in [0.25, 0.3) is 0 Å². The molecule has 1 heterocycles. The summed E-state index contributed by atoms with van der Waals surface area (Å²) >= 11 is 0. The first kappa shape index (κ1) is 9.18. The highest BCUT2D eigenvalue weighted by molar-refractivity contribution is 5.72. The minimum Gasteiger partial charge on any atom is -0.443 e. The van der Waals surface area contributed by atoms with Crippen LogP contribution in [0.4, 0.5) is 0 Å². The molecule has 2 aromatic rings. The molecule has 1 aromatic heterocycles. The van der Waals surface area contributed by atoms with Gasteiger partial charge in [0, 0.05) is 0 Å². The topological polar surface area (TPSA) is 72.3 Å². The molecule has 0 saturated heterocycles. The standard InChI is InChI=1S/C10H12N2O2/c1-6(13)10(11)7-2-3-8-9(4-7)14-5-12-8/h2-6,10,13H,11H2,1H3. The van der Waals surface area contributed by atoms with Crippen LogP contribution in [0.1, 0.15) is 18.5 Å². The van der Waals surface area contributed by atoms with Crippen LogP contribution in [-0.2, 0) is 0 Å². The summed E-state index contributed by atoms with van der Waals surface area (Å²) in [4.78, 5) is 3.99. The number of fused-ring (bicyclic) bond motifs is 1. The van der Waals surface area contributed by atoms with Gasteiger partial charge in [-0.1, -0.05) is 6.07 Å². The van der Waals surface area contributed by atoms with E-state index in [1.807, 2.05) is 12.1 Å². The van der Waals surface area contributed by atoms with Gasteiger partial charge >= 0.3 is 0 Å². The smallest absolute Gasteiger partial charge is 0.181 e. The van der Waals surface area contributed by atoms with Gasteiger partial charge in [0.05, 0.1) is 12.1 Å². The van der Waals surface area contributed by atoms with E-state index in [2.05, 4.69) is 4.98 Å². The number of aromatic nitrogens is 1. The molecular weight excluding hydrogens is 180 g/mol. The molecule has 2 atom stereocenters. The van der Waals surface area contributed by atoms with Crippen LogP contribution in [0, 0.1) is 0 Å². The third kappa shape index (κ3) is 1.49. The average molecular weight is 192 g/mol. The van der Waals surface area contributed by atoms with Gasteiger partial charge in [-0.25, -0.2) is 4.98 Å². The lowest BCUT2D eigenvalue weighted by Crippen LogP contribution is -2.22. The van der Waals surface area contributed by atoms with Gasteiger partial charge in [-0.3, -0.25) is 0 Å². The quantitative estimate of drug-likeness (QED) is 0.750. The predicted octanol–water partition coefficient (Wildman–Crippen LogP) is 1.21. The van der Waals surface area contributed by atoms with E-state index in [1.54, 1.807) is 13.0 Å². The van der Waals surface area contributed by atoms with E-state index in [9.17, 15) is 5.11 Å². The van der Waals surface area contributed by atoms with Crippen molar-refractivity contribution in [1.82, 2.24) is 4.98 Å². The van der Waals surface area contributed by atoms with E-state index < -0.39 is 6.10 Å². The minimum atomic E-state index is -0.574. The van der Waals surface area contributed by atoms with E-state index >= 15 is 0 Å². The molecule has 2 unspecified atom stereocenters. The van der Waals surface area contributed by atoms with E-state index in [-0.39, 0.29) is 6.04 Å². The average Bonchev–Trinajstić information content (AvgIpc) is 2.62. The Kier molecular flexibility index (Phi) is 2.23. The third-order valence-corrected chi connectivity index (χ3v) is 2.26. The summed E-state index contributed by atoms with van der Waals surface area (Å²) in [5.74, 6) is 0. The Bertz CT molecular complexity index is 436. The van der Waals surface area contributed by atoms with Crippen molar-refractivity contribution < 1.29 is 9.52 Å². The second-order valence-corrected chi connectivity index (χ2v) is 3.35. The van der Waals surface area contributed by atoms with Gasteiger partial charge in [0.1, 0.15) is 5.52 Å². The lowest BCUT2D eigenvalue weighted by molar-refractivity contribution is 0.164. The number of rotatable bonds is 2. The Morgan fingerprint density at radius 1 is 1.50 bits per heavy atom. The molecule has 0 aliphatic heterocycles. The summed E-state index contributed by atoms with van der Waals surface area (Å²) in [7, 11) is 0. The number of aliphatic hydroxyl groups is 1. The third-order valence-electron chi connectivity index (χ3n) is 2.26. The predicted molar refractivity (Wildman–Crippen MR) is 52.6 cm³/mol. The van der Waals surface area contributed by atoms with Crippen molar-refractivity contribution in [2.75, 3.05) is 0 Å². The summed E-state index contributed by atoms with van der Waals surface area (Å²) in [6.07, 6.45) is 0.817. The number of nitrogens with zero attached hydrogens (tertiary/aromatic N) is 1. The first-order valence-corrected chi connectivity index (χ1v) is 4.45. The number of aliphatic hydroxyl groups excluding tert-OH is 1. The molecule has 0 bridgehead atoms. The van der Waals surface area contributed by atoms with Crippen molar-refractivity contribution in [3.05, 3.63) is 30.2 Å². The fraction of sp³-hybridized carbons (Fsp3) is 0.300. The molecule has 0 radical (unpaired) electrons. The maximum absolute atomic E-state index is 9.33. The lowest BCUT2D eigenvalue weighted by atomic mass is 10.0. The van der Waals surface area contributed by atoms with Crippen molar-refractivity contribution >= 4 is 11.1 Å². The lowest BCUT2D eigenvalue weighted by Gasteiger charge is -2.14. The molecule has 0 amide bonds. The summed E-state index contributed by atoms with van der Waals surface area (Å²) in [6, 6.07) is 5.10. The molecule has 74 valence electrons. The Labute approximate surface area is 81.4 Å². The maximum atomic E-state index is 9.33. The normalized spacial score (nSPS) is 15.6. The number of oxazole rings is 1. The van der Waals surface area contributed by atoms with Crippen LogP contribution in [0.15, 0.2) is 29.0 Å². The van der Waals surface area contributed by atoms with Crippen molar-refractivity contribution in [3.8, 4) is 0 Å². The Morgan fingerprint density at radius 3 is 3.00 bits per heavy atom. The van der Waals surface area contributed by atoms with Crippen molar-refractivity contribution in [1.29, 1.82) is 0 Å². The number of nitrogens with two attached hydrogens (primary N) is 1. The van der Waals surface area contributed by atoms with Crippen LogP contribution in [0.3, 0.4) is 0 Å². The molecule has 4 nitrogen and oxygen atoms in total. The van der Waals surface area contributed by atoms with Crippen LogP contribution in [-0.4, -0.2) is 16.2 Å². The molecule has 0 aliphatic carbocycles. The molecule has 2 rings (SSSR count). The van der Waals surface area contributed by atoms with Crippen LogP contribution in [0.2, 0.25) is 0 Å². The molecule has 0 aliphatic rings. The molecule has 0 saturated carbocycles. The zero-order chi connectivity index (χ0) is 10.1. The van der Waals surface area contributed by atoms with Crippen molar-refractivity contribution in [2.24, 2.45) is 5.73 Å². The second kappa shape index (κ2) is 3.40. The fourth-order valence-electron chi connectivity index (χ4n) is 1.36. The Hall–Kier alpha value is -1.39. The second-order valence-electron chi connectivity index (χ2n) is 3.35. The van der Waals surface area contributed by atoms with Gasteiger partial charge in [-0.05, 0) is 24.6 Å². The molecule has 1 aromatic carbocycles. The molecule has 4 heteroatoms. The molecular formula is C10H12N2O2. The van der Waals surface area contributed by atoms with Gasteiger partial charge < -0.3 is 15.3 Å². The Balaban J connectivity index is 2.43. The van der Waals surface area contributed by atoms with E-state index in [1.165, 1.54) is 6.39 Å². The van der Waals surface area contributed by atoms with Crippen LogP contribution < -0.4 is 5.73 Å². The van der Waals surface area contributed by atoms with E-state index in [4.69, 9.17) is 10.2 Å². The number of benzene rings is 1. The van der Waals surface area contributed by atoms with E-state index in [0.717, 1.165) is 11.1 Å². The summed E-state index contributed by atoms with van der Waals surface area (Å²) in [6.45, 7) is 1.66. The van der Waals surface area contributed by atoms with Gasteiger partial charge in [0.2, 0.25) is 0 Å². The van der Waals surface area contributed by atoms with Crippen molar-refractivity contribution in [3.63, 3.8) is 0 Å². The molecule has 14 heavy (non-hydrogen) atoms. The minimum absolute atomic E-state index is 0.385. The molecule has 3 N–H and O–H groups in total. The van der Waals surface area contributed by atoms with Gasteiger partial charge in [0.15, 0.2) is 12.0 Å². The monoisotopic (exact) mass is 192 g/mol. The fourth-order valence-corrected chi connectivity index (χ4v) is 1.36. The summed E-state index contributed by atoms with van der Waals surface area (Å²) in [5.41, 5.74) is 8.13. The van der Waals surface area contributed by atoms with Crippen LogP contribution in [0.25, 0.3) is 11.1 Å². The first-order chi connectivity index (χ1) is 6.68. The highest BCUT2D eigenvalue weighted by Crippen LogP contribution is 2.20. The highest BCUT2D eigenvalue weighted by Gasteiger charge is 2.12. The van der Waals surface area contributed by atoms with Crippen molar-refractivity contribution in [2.45, 2.75) is 19.1 Å². The Morgan fingerprint density at radius 2 is 2.29 bits per heavy atom. The van der Waals surface area contributed by atoms with Gasteiger partial charge in [-0.15, -0.1) is 0 Å². The summed E-state index contributed by atoms with van der Waals surface area (Å²) < 4.78 is 5.14. The number of hydrogen-bond donors (Lipinski definition) is 2. The summed E-state index contributed by atoms with van der Waals surface area (Å²) in [5, 5.41) is 9.33. The number of hydrogen-bond acceptors (Lipinski definition) is 4. The van der Waals surface area contributed by atoms with E-state index in [0.29, 0.717) is 5.58 Å². The zero-order valence-corrected chi connectivity index (χ0v) is 7.84. The highest BCUT2D eigenvalue weighted by atomic mass is 16.3. The SMILES string of the molecule is CC(O)C(N)c1ccc2ncoc2c1.